The summed E-state index contributed by atoms with van der Waals surface area (Å²) in [5.74, 6) is 4.55. The van der Waals surface area contributed by atoms with Gasteiger partial charge in [0.25, 0.3) is 6.54 Å². The molecule has 1 aromatic heterocycles. The van der Waals surface area contributed by atoms with Crippen molar-refractivity contribution in [1.82, 2.24) is 10.2 Å². The van der Waals surface area contributed by atoms with Gasteiger partial charge in [0.15, 0.2) is 5.84 Å². The van der Waals surface area contributed by atoms with Crippen LogP contribution >= 0.6 is 11.8 Å². The molecule has 0 aliphatic carbocycles. The largest absolute Gasteiger partial charge is 0.491 e. The quantitative estimate of drug-likeness (QED) is 0.141. The summed E-state index contributed by atoms with van der Waals surface area (Å²) in [7, 11) is 5.63. The van der Waals surface area contributed by atoms with Gasteiger partial charge in [-0.3, -0.25) is 15.1 Å². The van der Waals surface area contributed by atoms with Crippen LogP contribution < -0.4 is 10.1 Å². The number of ether oxygens (including phenoxy) is 2. The molecule has 1 heterocycles. The highest BCUT2D eigenvalue weighted by Gasteiger charge is 2.08. The zero-order chi connectivity index (χ0) is 23.2. The molecule has 0 bridgehead atoms. The molecule has 0 amide bonds. The van der Waals surface area contributed by atoms with Gasteiger partial charge in [-0.15, -0.1) is 0 Å². The molecule has 2 aromatic rings. The number of nitro groups is 1. The Balaban J connectivity index is 1.75. The van der Waals surface area contributed by atoms with Gasteiger partial charge in [0, 0.05) is 24.3 Å². The number of rotatable bonds is 15. The lowest BCUT2D eigenvalue weighted by Crippen LogP contribution is -2.32. The van der Waals surface area contributed by atoms with E-state index in [0.29, 0.717) is 32.1 Å². The topological polar surface area (TPSA) is 102 Å². The molecule has 0 spiro atoms. The smallest absolute Gasteiger partial charge is 0.259 e. The van der Waals surface area contributed by atoms with Crippen LogP contribution in [0.25, 0.3) is 0 Å². The predicted molar refractivity (Wildman–Crippen MR) is 127 cm³/mol. The summed E-state index contributed by atoms with van der Waals surface area (Å²) >= 11 is 1.71. The summed E-state index contributed by atoms with van der Waals surface area (Å²) in [5, 5.41) is 14.1. The summed E-state index contributed by atoms with van der Waals surface area (Å²) in [6.07, 6.45) is 0. The number of nitrogens with one attached hydrogen (secondary N) is 1. The normalized spacial score (nSPS) is 11.7. The lowest BCUT2D eigenvalue weighted by atomic mass is 10.2. The lowest BCUT2D eigenvalue weighted by Gasteiger charge is -2.08. The van der Waals surface area contributed by atoms with Crippen molar-refractivity contribution in [3.63, 3.8) is 0 Å². The second kappa shape index (κ2) is 14.5. The summed E-state index contributed by atoms with van der Waals surface area (Å²) < 4.78 is 16.3. The second-order valence-electron chi connectivity index (χ2n) is 7.32. The van der Waals surface area contributed by atoms with E-state index in [0.717, 1.165) is 40.9 Å². The highest BCUT2D eigenvalue weighted by Crippen LogP contribution is 2.16. The Morgan fingerprint density at radius 1 is 1.19 bits per heavy atom. The van der Waals surface area contributed by atoms with Crippen molar-refractivity contribution in [3.05, 3.63) is 63.6 Å². The van der Waals surface area contributed by atoms with E-state index in [1.165, 1.54) is 0 Å². The highest BCUT2D eigenvalue weighted by atomic mass is 32.2. The molecule has 0 saturated heterocycles. The molecular formula is C22H32N4O5S. The zero-order valence-corrected chi connectivity index (χ0v) is 19.7. The van der Waals surface area contributed by atoms with Crippen molar-refractivity contribution in [1.29, 1.82) is 0 Å². The molecule has 0 radical (unpaired) electrons. The molecule has 1 aromatic carbocycles. The average molecular weight is 465 g/mol. The van der Waals surface area contributed by atoms with Crippen molar-refractivity contribution in [3.8, 4) is 5.75 Å². The van der Waals surface area contributed by atoms with Crippen LogP contribution in [-0.4, -0.2) is 68.9 Å². The van der Waals surface area contributed by atoms with Crippen LogP contribution in [0.5, 0.6) is 5.75 Å². The van der Waals surface area contributed by atoms with Gasteiger partial charge in [-0.05, 0) is 43.9 Å². The first-order chi connectivity index (χ1) is 15.5. The van der Waals surface area contributed by atoms with E-state index in [1.54, 1.807) is 18.9 Å². The van der Waals surface area contributed by atoms with Gasteiger partial charge in [-0.1, -0.05) is 12.1 Å². The lowest BCUT2D eigenvalue weighted by molar-refractivity contribution is -0.463. The number of furan rings is 1. The Labute approximate surface area is 193 Å². The minimum absolute atomic E-state index is 0.324. The molecule has 176 valence electrons. The Morgan fingerprint density at radius 2 is 1.94 bits per heavy atom. The van der Waals surface area contributed by atoms with Gasteiger partial charge < -0.3 is 24.1 Å². The minimum atomic E-state index is -0.374. The Morgan fingerprint density at radius 3 is 2.62 bits per heavy atom. The van der Waals surface area contributed by atoms with Crippen LogP contribution in [-0.2, 0) is 23.6 Å². The van der Waals surface area contributed by atoms with Crippen molar-refractivity contribution < 1.29 is 18.8 Å². The number of thioether (sulfide) groups is 1. The highest BCUT2D eigenvalue weighted by molar-refractivity contribution is 7.98. The Kier molecular flexibility index (Phi) is 11.6. The van der Waals surface area contributed by atoms with Gasteiger partial charge in [0.2, 0.25) is 0 Å². The fourth-order valence-corrected chi connectivity index (χ4v) is 3.49. The van der Waals surface area contributed by atoms with Gasteiger partial charge in [0.05, 0.1) is 25.4 Å². The molecule has 0 aliphatic heterocycles. The molecule has 32 heavy (non-hydrogen) atoms. The third-order valence-corrected chi connectivity index (χ3v) is 5.20. The molecule has 9 nitrogen and oxygen atoms in total. The van der Waals surface area contributed by atoms with Crippen LogP contribution in [0.2, 0.25) is 0 Å². The maximum absolute atomic E-state index is 11.0. The fourth-order valence-electron chi connectivity index (χ4n) is 2.74. The molecule has 0 atom stereocenters. The van der Waals surface area contributed by atoms with E-state index in [-0.39, 0.29) is 11.5 Å². The number of methoxy groups -OCH3 is 1. The van der Waals surface area contributed by atoms with Crippen LogP contribution in [0.4, 0.5) is 0 Å². The zero-order valence-electron chi connectivity index (χ0n) is 18.9. The Hall–Kier alpha value is -2.56. The maximum atomic E-state index is 11.0. The number of nitrogens with zero attached hydrogens (tertiary/aromatic N) is 3. The van der Waals surface area contributed by atoms with E-state index in [9.17, 15) is 10.1 Å². The average Bonchev–Trinajstić information content (AvgIpc) is 3.18. The van der Waals surface area contributed by atoms with Crippen molar-refractivity contribution in [2.75, 3.05) is 53.3 Å². The van der Waals surface area contributed by atoms with Gasteiger partial charge in [0.1, 0.15) is 23.9 Å². The number of amidine groups is 1. The van der Waals surface area contributed by atoms with Gasteiger partial charge >= 0.3 is 0 Å². The standard InChI is InChI=1S/C22H32N4O5S/c1-25(2)15-20-8-9-21(31-20)17-32-13-10-23-22(16-26(27)28)24-14-18-4-6-19(7-5-18)30-12-11-29-3/h4-9H,10-17H2,1-3H3,(H,23,24). The maximum Gasteiger partial charge on any atom is 0.259 e. The summed E-state index contributed by atoms with van der Waals surface area (Å²) in [5.41, 5.74) is 0.951. The molecule has 0 fully saturated rings. The number of aliphatic imine (C=N–C) groups is 1. The van der Waals surface area contributed by atoms with Crippen LogP contribution in [0, 0.1) is 10.1 Å². The molecule has 2 rings (SSSR count). The third-order valence-electron chi connectivity index (χ3n) is 4.22. The summed E-state index contributed by atoms with van der Waals surface area (Å²) in [6, 6.07) is 11.5. The number of hydrogen-bond donors (Lipinski definition) is 1. The van der Waals surface area contributed by atoms with Crippen molar-refractivity contribution in [2.24, 2.45) is 4.99 Å². The monoisotopic (exact) mass is 464 g/mol. The van der Waals surface area contributed by atoms with Gasteiger partial charge in [-0.25, -0.2) is 0 Å². The van der Waals surface area contributed by atoms with Crippen LogP contribution in [0.3, 0.4) is 0 Å². The molecule has 0 saturated carbocycles. The van der Waals surface area contributed by atoms with Crippen LogP contribution in [0.1, 0.15) is 17.1 Å². The first-order valence-corrected chi connectivity index (χ1v) is 11.5. The fraction of sp³-hybridized carbons (Fsp3) is 0.500. The molecular weight excluding hydrogens is 432 g/mol. The second-order valence-corrected chi connectivity index (χ2v) is 8.43. The van der Waals surface area contributed by atoms with E-state index in [4.69, 9.17) is 13.9 Å². The van der Waals surface area contributed by atoms with E-state index >= 15 is 0 Å². The Bertz CT molecular complexity index is 839. The van der Waals surface area contributed by atoms with E-state index < -0.39 is 0 Å². The van der Waals surface area contributed by atoms with Crippen molar-refractivity contribution in [2.45, 2.75) is 18.8 Å². The first kappa shape index (κ1) is 25.7. The minimum Gasteiger partial charge on any atom is -0.491 e. The SMILES string of the molecule is COCCOc1ccc(CN=C(C[N+](=O)[O-])NCCSCc2ccc(CN(C)C)o2)cc1. The number of benzene rings is 1. The molecule has 10 heteroatoms. The number of hydrogen-bond acceptors (Lipinski definition) is 8. The summed E-state index contributed by atoms with van der Waals surface area (Å²) in [4.78, 5) is 17.1. The third kappa shape index (κ3) is 10.7. The molecule has 0 aliphatic rings. The van der Waals surface area contributed by atoms with Crippen LogP contribution in [0.15, 0.2) is 45.8 Å². The molecule has 1 N–H and O–H groups in total. The van der Waals surface area contributed by atoms with E-state index in [2.05, 4.69) is 15.2 Å². The summed E-state index contributed by atoms with van der Waals surface area (Å²) in [6.45, 7) is 2.42. The first-order valence-electron chi connectivity index (χ1n) is 10.4. The van der Waals surface area contributed by atoms with Crippen molar-refractivity contribution >= 4 is 17.6 Å². The van der Waals surface area contributed by atoms with E-state index in [1.807, 2.05) is 50.5 Å². The predicted octanol–water partition coefficient (Wildman–Crippen LogP) is 3.06. The van der Waals surface area contributed by atoms with Gasteiger partial charge in [-0.2, -0.15) is 11.8 Å². The molecule has 0 unspecified atom stereocenters.